The second-order valence-electron chi connectivity index (χ2n) is 9.31. The zero-order chi connectivity index (χ0) is 22.9. The number of aromatic nitrogens is 1. The lowest BCUT2D eigenvalue weighted by Gasteiger charge is -2.29. The molecule has 0 amide bonds. The number of H-pyrrole nitrogens is 1. The first kappa shape index (κ1) is 19.8. The van der Waals surface area contributed by atoms with Crippen molar-refractivity contribution >= 4 is 37.7 Å². The van der Waals surface area contributed by atoms with Crippen LogP contribution < -0.4 is 0 Å². The minimum atomic E-state index is -0.258. The van der Waals surface area contributed by atoms with Crippen LogP contribution in [0, 0.1) is 0 Å². The van der Waals surface area contributed by atoms with Gasteiger partial charge in [-0.1, -0.05) is 113 Å². The van der Waals surface area contributed by atoms with Crippen molar-refractivity contribution < 1.29 is 0 Å². The van der Waals surface area contributed by atoms with E-state index in [1.165, 1.54) is 60.8 Å². The second-order valence-corrected chi connectivity index (χ2v) is 10.2. The molecule has 1 aliphatic carbocycles. The van der Waals surface area contributed by atoms with Crippen LogP contribution in [0.25, 0.3) is 44.1 Å². The van der Waals surface area contributed by atoms with Gasteiger partial charge in [-0.25, -0.2) is 0 Å². The van der Waals surface area contributed by atoms with Crippen LogP contribution in [0.3, 0.4) is 0 Å². The average molecular weight is 500 g/mol. The highest BCUT2D eigenvalue weighted by atomic mass is 79.9. The molecule has 0 saturated heterocycles. The smallest absolute Gasteiger partial charge is 0.0547 e. The van der Waals surface area contributed by atoms with E-state index in [1.807, 2.05) is 0 Å². The number of nitrogens with one attached hydrogen (secondary N) is 1. The van der Waals surface area contributed by atoms with Crippen molar-refractivity contribution in [3.63, 3.8) is 0 Å². The van der Waals surface area contributed by atoms with Crippen LogP contribution in [-0.4, -0.2) is 4.98 Å². The lowest BCUT2D eigenvalue weighted by molar-refractivity contribution is 0.711. The van der Waals surface area contributed by atoms with Gasteiger partial charge < -0.3 is 4.98 Å². The molecule has 7 rings (SSSR count). The molecule has 1 nitrogen and oxygen atoms in total. The van der Waals surface area contributed by atoms with E-state index in [2.05, 4.69) is 137 Å². The summed E-state index contributed by atoms with van der Waals surface area (Å²) in [4.78, 5) is 3.74. The summed E-state index contributed by atoms with van der Waals surface area (Å²) in [7, 11) is 0. The zero-order valence-corrected chi connectivity index (χ0v) is 20.4. The fraction of sp³-hybridized carbons (Fsp3) is 0.0625. The van der Waals surface area contributed by atoms with Crippen molar-refractivity contribution in [3.8, 4) is 22.3 Å². The highest BCUT2D eigenvalue weighted by Gasteiger charge is 2.43. The maximum Gasteiger partial charge on any atom is 0.0547 e. The molecule has 0 saturated carbocycles. The molecule has 0 radical (unpaired) electrons. The molecule has 0 aliphatic heterocycles. The van der Waals surface area contributed by atoms with E-state index in [-0.39, 0.29) is 5.41 Å². The monoisotopic (exact) mass is 499 g/mol. The van der Waals surface area contributed by atoms with Crippen LogP contribution in [0.4, 0.5) is 0 Å². The molecule has 1 atom stereocenters. The van der Waals surface area contributed by atoms with E-state index in [0.717, 1.165) is 4.47 Å². The molecule has 1 unspecified atom stereocenters. The first-order chi connectivity index (χ1) is 16.7. The topological polar surface area (TPSA) is 15.8 Å². The van der Waals surface area contributed by atoms with Gasteiger partial charge in [-0.3, -0.25) is 0 Å². The van der Waals surface area contributed by atoms with Gasteiger partial charge >= 0.3 is 0 Å². The van der Waals surface area contributed by atoms with Crippen LogP contribution in [0.15, 0.2) is 114 Å². The highest BCUT2D eigenvalue weighted by Crippen LogP contribution is 2.56. The quantitative estimate of drug-likeness (QED) is 0.244. The van der Waals surface area contributed by atoms with Crippen LogP contribution in [0.5, 0.6) is 0 Å². The summed E-state index contributed by atoms with van der Waals surface area (Å²) >= 11 is 3.92. The summed E-state index contributed by atoms with van der Waals surface area (Å²) in [6.45, 7) is 2.37. The Balaban J connectivity index is 1.51. The van der Waals surface area contributed by atoms with Crippen LogP contribution in [0.1, 0.15) is 23.6 Å². The molecule has 1 heterocycles. The molecule has 1 aromatic heterocycles. The molecule has 0 spiro atoms. The Morgan fingerprint density at radius 3 is 2.21 bits per heavy atom. The number of hydrogen-bond acceptors (Lipinski definition) is 0. The van der Waals surface area contributed by atoms with Crippen molar-refractivity contribution in [3.05, 3.63) is 130 Å². The molecule has 5 aromatic carbocycles. The molecule has 2 heteroatoms. The van der Waals surface area contributed by atoms with E-state index < -0.39 is 0 Å². The van der Waals surface area contributed by atoms with Gasteiger partial charge in [0.15, 0.2) is 0 Å². The maximum absolute atomic E-state index is 3.92. The fourth-order valence-corrected chi connectivity index (χ4v) is 6.68. The van der Waals surface area contributed by atoms with Crippen LogP contribution in [0.2, 0.25) is 0 Å². The Morgan fingerprint density at radius 2 is 1.38 bits per heavy atom. The lowest BCUT2D eigenvalue weighted by atomic mass is 9.74. The van der Waals surface area contributed by atoms with Gasteiger partial charge in [0.1, 0.15) is 0 Å². The Hall–Kier alpha value is -3.62. The molecule has 1 N–H and O–H groups in total. The maximum atomic E-state index is 3.92. The third-order valence-corrected chi connectivity index (χ3v) is 8.23. The molecule has 34 heavy (non-hydrogen) atoms. The van der Waals surface area contributed by atoms with Crippen molar-refractivity contribution in [1.29, 1.82) is 0 Å². The number of hydrogen-bond donors (Lipinski definition) is 1. The first-order valence-corrected chi connectivity index (χ1v) is 12.4. The molecule has 162 valence electrons. The normalized spacial score (nSPS) is 16.6. The average Bonchev–Trinajstić information content (AvgIpc) is 3.39. The standard InChI is InChI=1S/C32H22BrN/c1-32(22-16-14-21(15-17-22)20-8-3-2-4-9-20)26-19-18-24-23-10-5-6-13-28(23)34-31(24)29(26)25-11-7-12-27(33)30(25)32/h2-19,34H,1H3. The lowest BCUT2D eigenvalue weighted by Crippen LogP contribution is -2.22. The predicted molar refractivity (Wildman–Crippen MR) is 146 cm³/mol. The van der Waals surface area contributed by atoms with Crippen LogP contribution >= 0.6 is 15.9 Å². The van der Waals surface area contributed by atoms with Gasteiger partial charge in [0.25, 0.3) is 0 Å². The number of fused-ring (bicyclic) bond motifs is 7. The molecular weight excluding hydrogens is 478 g/mol. The van der Waals surface area contributed by atoms with E-state index in [1.54, 1.807) is 0 Å². The van der Waals surface area contributed by atoms with Gasteiger partial charge in [-0.15, -0.1) is 0 Å². The Morgan fingerprint density at radius 1 is 0.647 bits per heavy atom. The number of para-hydroxylation sites is 1. The van der Waals surface area contributed by atoms with E-state index >= 15 is 0 Å². The molecule has 0 bridgehead atoms. The van der Waals surface area contributed by atoms with E-state index in [4.69, 9.17) is 0 Å². The Bertz CT molecular complexity index is 1710. The number of halogens is 1. The summed E-state index contributed by atoms with van der Waals surface area (Å²) in [5, 5.41) is 2.56. The predicted octanol–water partition coefficient (Wildman–Crippen LogP) is 9.09. The third-order valence-electron chi connectivity index (χ3n) is 7.57. The number of aromatic amines is 1. The molecule has 1 aliphatic rings. The summed E-state index contributed by atoms with van der Waals surface area (Å²) in [5.74, 6) is 0. The largest absolute Gasteiger partial charge is 0.354 e. The van der Waals surface area contributed by atoms with Crippen molar-refractivity contribution in [2.45, 2.75) is 12.3 Å². The van der Waals surface area contributed by atoms with Gasteiger partial charge in [0, 0.05) is 31.7 Å². The number of benzene rings is 5. The van der Waals surface area contributed by atoms with E-state index in [0.29, 0.717) is 0 Å². The second kappa shape index (κ2) is 7.19. The van der Waals surface area contributed by atoms with Crippen molar-refractivity contribution in [2.24, 2.45) is 0 Å². The molecule has 6 aromatic rings. The van der Waals surface area contributed by atoms with Gasteiger partial charge in [-0.2, -0.15) is 0 Å². The van der Waals surface area contributed by atoms with Gasteiger partial charge in [0.2, 0.25) is 0 Å². The molecule has 0 fully saturated rings. The highest BCUT2D eigenvalue weighted by molar-refractivity contribution is 9.10. The van der Waals surface area contributed by atoms with Gasteiger partial charge in [-0.05, 0) is 52.4 Å². The summed E-state index contributed by atoms with van der Waals surface area (Å²) in [6, 6.07) is 39.5. The Kier molecular flexibility index (Phi) is 4.19. The van der Waals surface area contributed by atoms with E-state index in [9.17, 15) is 0 Å². The SMILES string of the molecule is CC1(c2ccc(-c3ccccc3)cc2)c2ccc3c([nH]c4ccccc43)c2-c2cccc(Br)c21. The van der Waals surface area contributed by atoms with Crippen molar-refractivity contribution in [1.82, 2.24) is 4.98 Å². The summed E-state index contributed by atoms with van der Waals surface area (Å²) < 4.78 is 1.15. The summed E-state index contributed by atoms with van der Waals surface area (Å²) in [5.41, 5.74) is 11.2. The number of rotatable bonds is 2. The zero-order valence-electron chi connectivity index (χ0n) is 18.8. The van der Waals surface area contributed by atoms with Crippen molar-refractivity contribution in [2.75, 3.05) is 0 Å². The Labute approximate surface area is 207 Å². The van der Waals surface area contributed by atoms with Crippen LogP contribution in [-0.2, 0) is 5.41 Å². The minimum Gasteiger partial charge on any atom is -0.354 e. The minimum absolute atomic E-state index is 0.258. The summed E-state index contributed by atoms with van der Waals surface area (Å²) in [6.07, 6.45) is 0. The first-order valence-electron chi connectivity index (χ1n) is 11.7. The van der Waals surface area contributed by atoms with Gasteiger partial charge in [0.05, 0.1) is 5.52 Å². The molecular formula is C32H22BrN. The third kappa shape index (κ3) is 2.60. The fourth-order valence-electron chi connectivity index (χ4n) is 5.92.